The van der Waals surface area contributed by atoms with E-state index in [0.717, 1.165) is 59.1 Å². The number of esters is 1. The second-order valence-corrected chi connectivity index (χ2v) is 10.3. The Kier molecular flexibility index (Phi) is 7.76. The lowest BCUT2D eigenvalue weighted by Crippen LogP contribution is -2.36. The lowest BCUT2D eigenvalue weighted by Gasteiger charge is -2.30. The van der Waals surface area contributed by atoms with Crippen LogP contribution < -0.4 is 4.90 Å². The first-order chi connectivity index (χ1) is 18.1. The van der Waals surface area contributed by atoms with Crippen LogP contribution in [-0.4, -0.2) is 24.0 Å². The van der Waals surface area contributed by atoms with Gasteiger partial charge in [-0.15, -0.1) is 11.3 Å². The van der Waals surface area contributed by atoms with E-state index in [9.17, 15) is 9.59 Å². The smallest absolute Gasteiger partial charge is 0.330 e. The van der Waals surface area contributed by atoms with Crippen molar-refractivity contribution in [1.82, 2.24) is 4.98 Å². The van der Waals surface area contributed by atoms with Crippen LogP contribution in [-0.2, 0) is 20.9 Å². The normalized spacial score (nSPS) is 14.2. The molecule has 1 heterocycles. The Hall–Kier alpha value is -3.77. The van der Waals surface area contributed by atoms with E-state index in [4.69, 9.17) is 4.74 Å². The van der Waals surface area contributed by atoms with Gasteiger partial charge in [0.15, 0.2) is 0 Å². The van der Waals surface area contributed by atoms with Crippen molar-refractivity contribution < 1.29 is 14.3 Å². The number of ether oxygens (including phenoxy) is 1. The predicted molar refractivity (Wildman–Crippen MR) is 150 cm³/mol. The molecule has 1 fully saturated rings. The third-order valence-corrected chi connectivity index (χ3v) is 7.78. The van der Waals surface area contributed by atoms with Gasteiger partial charge in [-0.05, 0) is 65.4 Å². The van der Waals surface area contributed by atoms with Crippen LogP contribution in [0, 0.1) is 5.92 Å². The van der Waals surface area contributed by atoms with Gasteiger partial charge in [-0.1, -0.05) is 61.7 Å². The summed E-state index contributed by atoms with van der Waals surface area (Å²) in [6.07, 6.45) is 8.39. The molecule has 3 aromatic carbocycles. The van der Waals surface area contributed by atoms with Crippen LogP contribution in [0.2, 0.25) is 0 Å². The average molecular weight is 511 g/mol. The van der Waals surface area contributed by atoms with Crippen LogP contribution in [0.1, 0.15) is 43.2 Å². The molecule has 0 unspecified atom stereocenters. The highest BCUT2D eigenvalue weighted by molar-refractivity contribution is 7.16. The van der Waals surface area contributed by atoms with Crippen LogP contribution in [0.4, 0.5) is 5.69 Å². The van der Waals surface area contributed by atoms with Gasteiger partial charge in [0.05, 0.1) is 29.4 Å². The van der Waals surface area contributed by atoms with Crippen LogP contribution in [0.25, 0.3) is 27.4 Å². The Morgan fingerprint density at radius 2 is 1.78 bits per heavy atom. The van der Waals surface area contributed by atoms with Gasteiger partial charge in [-0.3, -0.25) is 4.79 Å². The maximum atomic E-state index is 13.7. The third-order valence-electron chi connectivity index (χ3n) is 6.97. The van der Waals surface area contributed by atoms with E-state index in [-0.39, 0.29) is 11.8 Å². The number of hydrogen-bond donors (Lipinski definition) is 0. The van der Waals surface area contributed by atoms with Crippen molar-refractivity contribution in [3.05, 3.63) is 89.4 Å². The standard InChI is InChI=1S/C31H30N2O3S/c1-36-30(34)17-12-22-6-5-9-27(18-22)33(31(35)25-7-3-2-4-8-25)20-23-10-13-24(14-11-23)26-15-16-29-28(19-26)32-21-37-29/h5-6,9-19,21,25H,2-4,7-8,20H2,1H3/b17-12+. The van der Waals surface area contributed by atoms with Gasteiger partial charge in [0.1, 0.15) is 0 Å². The van der Waals surface area contributed by atoms with Crippen molar-refractivity contribution in [2.75, 3.05) is 12.0 Å². The molecule has 0 N–H and O–H groups in total. The molecule has 1 amide bonds. The second kappa shape index (κ2) is 11.5. The van der Waals surface area contributed by atoms with Crippen LogP contribution in [0.3, 0.4) is 0 Å². The largest absolute Gasteiger partial charge is 0.466 e. The summed E-state index contributed by atoms with van der Waals surface area (Å²) in [5, 5.41) is 0. The number of methoxy groups -OCH3 is 1. The number of benzene rings is 3. The number of rotatable bonds is 7. The first kappa shape index (κ1) is 24.9. The summed E-state index contributed by atoms with van der Waals surface area (Å²) in [6.45, 7) is 0.491. The topological polar surface area (TPSA) is 59.5 Å². The number of hydrogen-bond acceptors (Lipinski definition) is 5. The molecule has 188 valence electrons. The Bertz CT molecular complexity index is 1420. The first-order valence-corrected chi connectivity index (χ1v) is 13.6. The van der Waals surface area contributed by atoms with Crippen molar-refractivity contribution in [3.63, 3.8) is 0 Å². The Morgan fingerprint density at radius 3 is 2.57 bits per heavy atom. The summed E-state index contributed by atoms with van der Waals surface area (Å²) < 4.78 is 5.89. The summed E-state index contributed by atoms with van der Waals surface area (Å²) in [6, 6.07) is 22.5. The highest BCUT2D eigenvalue weighted by Gasteiger charge is 2.27. The number of fused-ring (bicyclic) bond motifs is 1. The van der Waals surface area contributed by atoms with Gasteiger partial charge in [0.25, 0.3) is 0 Å². The molecule has 0 atom stereocenters. The highest BCUT2D eigenvalue weighted by Crippen LogP contribution is 2.30. The van der Waals surface area contributed by atoms with E-state index in [1.165, 1.54) is 24.3 Å². The maximum absolute atomic E-state index is 13.7. The van der Waals surface area contributed by atoms with E-state index in [1.54, 1.807) is 17.4 Å². The minimum atomic E-state index is -0.408. The van der Waals surface area contributed by atoms with Crippen LogP contribution >= 0.6 is 11.3 Å². The molecule has 1 aliphatic carbocycles. The molecule has 0 radical (unpaired) electrons. The summed E-state index contributed by atoms with van der Waals surface area (Å²) in [4.78, 5) is 31.6. The van der Waals surface area contributed by atoms with E-state index >= 15 is 0 Å². The Balaban J connectivity index is 1.41. The molecule has 37 heavy (non-hydrogen) atoms. The second-order valence-electron chi connectivity index (χ2n) is 9.44. The molecule has 0 aliphatic heterocycles. The molecular formula is C31H30N2O3S. The number of aromatic nitrogens is 1. The monoisotopic (exact) mass is 510 g/mol. The molecule has 4 aromatic rings. The molecule has 5 nitrogen and oxygen atoms in total. The zero-order valence-corrected chi connectivity index (χ0v) is 21.7. The SMILES string of the molecule is COC(=O)/C=C/c1cccc(N(Cc2ccc(-c3ccc4scnc4c3)cc2)C(=O)C2CCCCC2)c1. The molecule has 0 bridgehead atoms. The van der Waals surface area contributed by atoms with Crippen LogP contribution in [0.15, 0.2) is 78.3 Å². The van der Waals surface area contributed by atoms with Gasteiger partial charge in [0.2, 0.25) is 5.91 Å². The van der Waals surface area contributed by atoms with E-state index < -0.39 is 5.97 Å². The van der Waals surface area contributed by atoms with Crippen molar-refractivity contribution in [2.45, 2.75) is 38.6 Å². The molecule has 0 spiro atoms. The average Bonchev–Trinajstić information content (AvgIpc) is 3.43. The summed E-state index contributed by atoms with van der Waals surface area (Å²) in [5.41, 5.74) is 7.88. The summed E-state index contributed by atoms with van der Waals surface area (Å²) >= 11 is 1.64. The molecule has 1 saturated carbocycles. The lowest BCUT2D eigenvalue weighted by molar-refractivity contribution is -0.134. The fraction of sp³-hybridized carbons (Fsp3) is 0.258. The zero-order chi connectivity index (χ0) is 25.6. The van der Waals surface area contributed by atoms with E-state index in [1.807, 2.05) is 34.7 Å². The number of carbonyl (C=O) groups excluding carboxylic acids is 2. The Morgan fingerprint density at radius 1 is 1.00 bits per heavy atom. The number of nitrogens with zero attached hydrogens (tertiary/aromatic N) is 2. The maximum Gasteiger partial charge on any atom is 0.330 e. The minimum absolute atomic E-state index is 0.0483. The molecule has 0 saturated heterocycles. The highest BCUT2D eigenvalue weighted by atomic mass is 32.1. The predicted octanol–water partition coefficient (Wildman–Crippen LogP) is 7.26. The number of carbonyl (C=O) groups is 2. The van der Waals surface area contributed by atoms with E-state index in [2.05, 4.69) is 47.4 Å². The minimum Gasteiger partial charge on any atom is -0.466 e. The molecule has 1 aromatic heterocycles. The van der Waals surface area contributed by atoms with Crippen molar-refractivity contribution in [1.29, 1.82) is 0 Å². The van der Waals surface area contributed by atoms with Crippen LogP contribution in [0.5, 0.6) is 0 Å². The van der Waals surface area contributed by atoms with Gasteiger partial charge < -0.3 is 9.64 Å². The molecular weight excluding hydrogens is 480 g/mol. The quantitative estimate of drug-likeness (QED) is 0.194. The van der Waals surface area contributed by atoms with Crippen molar-refractivity contribution in [2.24, 2.45) is 5.92 Å². The molecule has 5 rings (SSSR count). The van der Waals surface area contributed by atoms with E-state index in [0.29, 0.717) is 6.54 Å². The Labute approximate surface area is 221 Å². The number of anilines is 1. The van der Waals surface area contributed by atoms with Gasteiger partial charge in [0, 0.05) is 17.7 Å². The third kappa shape index (κ3) is 5.97. The summed E-state index contributed by atoms with van der Waals surface area (Å²) in [7, 11) is 1.36. The molecule has 1 aliphatic rings. The number of thiazole rings is 1. The summed E-state index contributed by atoms with van der Waals surface area (Å²) in [5.74, 6) is -0.187. The number of amides is 1. The fourth-order valence-corrected chi connectivity index (χ4v) is 5.58. The van der Waals surface area contributed by atoms with Gasteiger partial charge in [-0.2, -0.15) is 0 Å². The molecule has 6 heteroatoms. The zero-order valence-electron chi connectivity index (χ0n) is 20.9. The fourth-order valence-electron chi connectivity index (χ4n) is 4.92. The lowest BCUT2D eigenvalue weighted by atomic mass is 9.88. The van der Waals surface area contributed by atoms with Crippen molar-refractivity contribution in [3.8, 4) is 11.1 Å². The van der Waals surface area contributed by atoms with Gasteiger partial charge in [-0.25, -0.2) is 9.78 Å². The first-order valence-electron chi connectivity index (χ1n) is 12.7. The van der Waals surface area contributed by atoms with Crippen molar-refractivity contribution >= 4 is 45.2 Å². The van der Waals surface area contributed by atoms with Gasteiger partial charge >= 0.3 is 5.97 Å².